The van der Waals surface area contributed by atoms with E-state index < -0.39 is 0 Å². The van der Waals surface area contributed by atoms with E-state index in [2.05, 4.69) is 5.32 Å². The lowest BCUT2D eigenvalue weighted by Crippen LogP contribution is -2.28. The van der Waals surface area contributed by atoms with Gasteiger partial charge in [0.1, 0.15) is 5.82 Å². The lowest BCUT2D eigenvalue weighted by atomic mass is 9.82. The molecule has 1 amide bonds. The molecule has 1 aromatic carbocycles. The van der Waals surface area contributed by atoms with Crippen molar-refractivity contribution >= 4 is 11.6 Å². The molecule has 1 fully saturated rings. The number of nitrogens with one attached hydrogen (secondary N) is 1. The average molecular weight is 251 g/mol. The van der Waals surface area contributed by atoms with Crippen molar-refractivity contribution in [1.29, 1.82) is 0 Å². The maximum Gasteiger partial charge on any atom is 0.227 e. The normalized spacial score (nSPS) is 23.7. The van der Waals surface area contributed by atoms with Crippen molar-refractivity contribution < 1.29 is 14.3 Å². The molecule has 2 N–H and O–H groups in total. The average Bonchev–Trinajstić information content (AvgIpc) is 2.39. The number of anilines is 1. The maximum absolute atomic E-state index is 13.0. The van der Waals surface area contributed by atoms with E-state index in [0.717, 1.165) is 25.7 Å². The summed E-state index contributed by atoms with van der Waals surface area (Å²) in [6.07, 6.45) is 3.37. The molecule has 1 saturated carbocycles. The van der Waals surface area contributed by atoms with Gasteiger partial charge in [0.15, 0.2) is 0 Å². The minimum absolute atomic E-state index is 0.0175. The topological polar surface area (TPSA) is 49.3 Å². The van der Waals surface area contributed by atoms with Gasteiger partial charge >= 0.3 is 0 Å². The quantitative estimate of drug-likeness (QED) is 0.867. The smallest absolute Gasteiger partial charge is 0.227 e. The van der Waals surface area contributed by atoms with Crippen LogP contribution in [0.3, 0.4) is 0 Å². The van der Waals surface area contributed by atoms with E-state index in [1.807, 2.05) is 0 Å². The number of hydrogen-bond donors (Lipinski definition) is 2. The van der Waals surface area contributed by atoms with E-state index in [9.17, 15) is 9.18 Å². The summed E-state index contributed by atoms with van der Waals surface area (Å²) in [7, 11) is 0. The summed E-state index contributed by atoms with van der Waals surface area (Å²) >= 11 is 0. The molecule has 98 valence electrons. The molecule has 18 heavy (non-hydrogen) atoms. The highest BCUT2D eigenvalue weighted by molar-refractivity contribution is 5.92. The van der Waals surface area contributed by atoms with Gasteiger partial charge in [0.05, 0.1) is 0 Å². The zero-order chi connectivity index (χ0) is 13.0. The lowest BCUT2D eigenvalue weighted by molar-refractivity contribution is -0.121. The molecule has 0 aliphatic heterocycles. The highest BCUT2D eigenvalue weighted by Gasteiger charge is 2.25. The first-order valence-corrected chi connectivity index (χ1v) is 6.36. The Morgan fingerprint density at radius 1 is 1.33 bits per heavy atom. The van der Waals surface area contributed by atoms with Crippen molar-refractivity contribution in [3.8, 4) is 0 Å². The van der Waals surface area contributed by atoms with Gasteiger partial charge in [-0.1, -0.05) is 6.07 Å². The second kappa shape index (κ2) is 5.96. The van der Waals surface area contributed by atoms with Crippen LogP contribution in [0.4, 0.5) is 10.1 Å². The van der Waals surface area contributed by atoms with E-state index >= 15 is 0 Å². The fraction of sp³-hybridized carbons (Fsp3) is 0.500. The standard InChI is InChI=1S/C14H18FNO2/c15-12-2-1-3-13(8-12)16-14(18)11-6-4-10(9-17)5-7-11/h1-3,8,10-11,17H,4-7,9H2,(H,16,18). The molecule has 1 aromatic rings. The SMILES string of the molecule is O=C(Nc1cccc(F)c1)C1CCC(CO)CC1. The number of aliphatic hydroxyl groups excluding tert-OH is 1. The van der Waals surface area contributed by atoms with E-state index in [1.54, 1.807) is 12.1 Å². The summed E-state index contributed by atoms with van der Waals surface area (Å²) < 4.78 is 13.0. The summed E-state index contributed by atoms with van der Waals surface area (Å²) in [6, 6.07) is 5.92. The first-order chi connectivity index (χ1) is 8.69. The Hall–Kier alpha value is -1.42. The Kier molecular flexibility index (Phi) is 4.31. The number of benzene rings is 1. The largest absolute Gasteiger partial charge is 0.396 e. The molecule has 0 unspecified atom stereocenters. The molecule has 3 nitrogen and oxygen atoms in total. The second-order valence-corrected chi connectivity index (χ2v) is 4.90. The minimum atomic E-state index is -0.350. The van der Waals surface area contributed by atoms with Gasteiger partial charge in [0.25, 0.3) is 0 Å². The zero-order valence-electron chi connectivity index (χ0n) is 10.2. The maximum atomic E-state index is 13.0. The van der Waals surface area contributed by atoms with Crippen LogP contribution in [0.5, 0.6) is 0 Å². The first-order valence-electron chi connectivity index (χ1n) is 6.36. The zero-order valence-corrected chi connectivity index (χ0v) is 10.2. The van der Waals surface area contributed by atoms with Crippen LogP contribution in [-0.4, -0.2) is 17.6 Å². The molecule has 2 rings (SSSR count). The van der Waals surface area contributed by atoms with Crippen molar-refractivity contribution in [1.82, 2.24) is 0 Å². The molecule has 0 bridgehead atoms. The van der Waals surface area contributed by atoms with Crippen molar-refractivity contribution in [3.63, 3.8) is 0 Å². The van der Waals surface area contributed by atoms with Crippen molar-refractivity contribution in [3.05, 3.63) is 30.1 Å². The second-order valence-electron chi connectivity index (χ2n) is 4.90. The third-order valence-electron chi connectivity index (χ3n) is 3.57. The molecule has 1 aliphatic rings. The Morgan fingerprint density at radius 3 is 2.67 bits per heavy atom. The summed E-state index contributed by atoms with van der Waals surface area (Å²) in [4.78, 5) is 12.0. The van der Waals surface area contributed by atoms with Gasteiger partial charge < -0.3 is 10.4 Å². The fourth-order valence-electron chi connectivity index (χ4n) is 2.42. The van der Waals surface area contributed by atoms with Gasteiger partial charge in [-0.05, 0) is 49.8 Å². The highest BCUT2D eigenvalue weighted by Crippen LogP contribution is 2.29. The third-order valence-corrected chi connectivity index (χ3v) is 3.57. The molecular formula is C14H18FNO2. The molecule has 0 spiro atoms. The molecule has 4 heteroatoms. The summed E-state index contributed by atoms with van der Waals surface area (Å²) in [5.41, 5.74) is 0.504. The number of carbonyl (C=O) groups excluding carboxylic acids is 1. The number of aliphatic hydroxyl groups is 1. The lowest BCUT2D eigenvalue weighted by Gasteiger charge is -2.26. The Morgan fingerprint density at radius 2 is 2.06 bits per heavy atom. The predicted molar refractivity (Wildman–Crippen MR) is 67.6 cm³/mol. The number of carbonyl (C=O) groups is 1. The van der Waals surface area contributed by atoms with Crippen LogP contribution in [0.15, 0.2) is 24.3 Å². The van der Waals surface area contributed by atoms with Gasteiger partial charge in [-0.3, -0.25) is 4.79 Å². The number of amides is 1. The van der Waals surface area contributed by atoms with Gasteiger partial charge in [0.2, 0.25) is 5.91 Å². The molecule has 0 heterocycles. The number of halogens is 1. The van der Waals surface area contributed by atoms with Gasteiger partial charge in [0, 0.05) is 18.2 Å². The van der Waals surface area contributed by atoms with Crippen LogP contribution in [0.1, 0.15) is 25.7 Å². The monoisotopic (exact) mass is 251 g/mol. The van der Waals surface area contributed by atoms with Crippen LogP contribution >= 0.6 is 0 Å². The van der Waals surface area contributed by atoms with E-state index in [4.69, 9.17) is 5.11 Å². The predicted octanol–water partition coefficient (Wildman–Crippen LogP) is 2.56. The molecule has 0 atom stereocenters. The summed E-state index contributed by atoms with van der Waals surface area (Å²) in [6.45, 7) is 0.207. The van der Waals surface area contributed by atoms with Gasteiger partial charge in [-0.25, -0.2) is 4.39 Å². The molecule has 0 aromatic heterocycles. The molecule has 0 saturated heterocycles. The molecule has 1 aliphatic carbocycles. The van der Waals surface area contributed by atoms with Crippen LogP contribution in [0.2, 0.25) is 0 Å². The molecule has 0 radical (unpaired) electrons. The summed E-state index contributed by atoms with van der Waals surface area (Å²) in [5.74, 6) is -0.0759. The minimum Gasteiger partial charge on any atom is -0.396 e. The fourth-order valence-corrected chi connectivity index (χ4v) is 2.42. The van der Waals surface area contributed by atoms with Crippen LogP contribution in [0.25, 0.3) is 0 Å². The Bertz CT molecular complexity index is 414. The van der Waals surface area contributed by atoms with Crippen LogP contribution in [-0.2, 0) is 4.79 Å². The van der Waals surface area contributed by atoms with Gasteiger partial charge in [-0.2, -0.15) is 0 Å². The third kappa shape index (κ3) is 3.29. The highest BCUT2D eigenvalue weighted by atomic mass is 19.1. The van der Waals surface area contributed by atoms with Crippen molar-refractivity contribution in [2.24, 2.45) is 11.8 Å². The molecular weight excluding hydrogens is 233 g/mol. The number of rotatable bonds is 3. The number of hydrogen-bond acceptors (Lipinski definition) is 2. The van der Waals surface area contributed by atoms with E-state index in [-0.39, 0.29) is 24.2 Å². The Labute approximate surface area is 106 Å². The summed E-state index contributed by atoms with van der Waals surface area (Å²) in [5, 5.41) is 11.8. The first kappa shape index (κ1) is 13.0. The van der Waals surface area contributed by atoms with Gasteiger partial charge in [-0.15, -0.1) is 0 Å². The van der Waals surface area contributed by atoms with E-state index in [1.165, 1.54) is 12.1 Å². The Balaban J connectivity index is 1.89. The van der Waals surface area contributed by atoms with Crippen molar-refractivity contribution in [2.45, 2.75) is 25.7 Å². The van der Waals surface area contributed by atoms with E-state index in [0.29, 0.717) is 11.6 Å². The van der Waals surface area contributed by atoms with Crippen molar-refractivity contribution in [2.75, 3.05) is 11.9 Å². The van der Waals surface area contributed by atoms with Crippen LogP contribution < -0.4 is 5.32 Å². The van der Waals surface area contributed by atoms with Crippen LogP contribution in [0, 0.1) is 17.7 Å².